The summed E-state index contributed by atoms with van der Waals surface area (Å²) < 4.78 is 0. The summed E-state index contributed by atoms with van der Waals surface area (Å²) in [7, 11) is 0. The van der Waals surface area contributed by atoms with Gasteiger partial charge in [-0.25, -0.2) is 0 Å². The molecule has 1 N–H and O–H groups in total. The summed E-state index contributed by atoms with van der Waals surface area (Å²) in [4.78, 5) is 14.1. The third-order valence-corrected chi connectivity index (χ3v) is 4.53. The van der Waals surface area contributed by atoms with Crippen LogP contribution in [0.2, 0.25) is 0 Å². The molecule has 1 amide bonds. The molecule has 3 nitrogen and oxygen atoms in total. The molecule has 0 aromatic heterocycles. The molecule has 1 unspecified atom stereocenters. The van der Waals surface area contributed by atoms with Gasteiger partial charge in [0.15, 0.2) is 0 Å². The SMILES string of the molecule is CC(C)CC(=O)N1CCC2(C1)NCCS2. The molecular weight excluding hydrogens is 208 g/mol. The number of nitrogens with one attached hydrogen (secondary N) is 1. The Morgan fingerprint density at radius 2 is 2.40 bits per heavy atom. The normalized spacial score (nSPS) is 30.7. The van der Waals surface area contributed by atoms with Gasteiger partial charge >= 0.3 is 0 Å². The van der Waals surface area contributed by atoms with Crippen LogP contribution in [0.1, 0.15) is 26.7 Å². The van der Waals surface area contributed by atoms with Gasteiger partial charge in [-0.05, 0) is 12.3 Å². The first kappa shape index (κ1) is 11.3. The molecule has 2 rings (SSSR count). The highest BCUT2D eigenvalue weighted by Gasteiger charge is 2.42. The minimum Gasteiger partial charge on any atom is -0.340 e. The highest BCUT2D eigenvalue weighted by Crippen LogP contribution is 2.36. The predicted molar refractivity (Wildman–Crippen MR) is 63.8 cm³/mol. The Labute approximate surface area is 96.0 Å². The van der Waals surface area contributed by atoms with E-state index in [-0.39, 0.29) is 4.87 Å². The van der Waals surface area contributed by atoms with Crippen LogP contribution in [0.25, 0.3) is 0 Å². The van der Waals surface area contributed by atoms with Crippen molar-refractivity contribution in [3.8, 4) is 0 Å². The average molecular weight is 228 g/mol. The van der Waals surface area contributed by atoms with E-state index in [0.29, 0.717) is 18.2 Å². The molecule has 1 spiro atoms. The van der Waals surface area contributed by atoms with E-state index in [9.17, 15) is 4.79 Å². The standard InChI is InChI=1S/C11H20N2OS/c1-9(2)7-10(14)13-5-3-11(8-13)12-4-6-15-11/h9,12H,3-8H2,1-2H3. The van der Waals surface area contributed by atoms with Gasteiger partial charge in [-0.2, -0.15) is 0 Å². The Morgan fingerprint density at radius 3 is 3.00 bits per heavy atom. The molecule has 0 aromatic carbocycles. The molecule has 0 aliphatic carbocycles. The van der Waals surface area contributed by atoms with Gasteiger partial charge in [0.25, 0.3) is 0 Å². The maximum absolute atomic E-state index is 11.9. The number of likely N-dealkylation sites (tertiary alicyclic amines) is 1. The van der Waals surface area contributed by atoms with Crippen molar-refractivity contribution in [2.45, 2.75) is 31.6 Å². The highest BCUT2D eigenvalue weighted by molar-refractivity contribution is 8.00. The predicted octanol–water partition coefficient (Wildman–Crippen LogP) is 1.30. The molecule has 2 aliphatic heterocycles. The Hall–Kier alpha value is -0.220. The molecule has 4 heteroatoms. The van der Waals surface area contributed by atoms with E-state index in [4.69, 9.17) is 0 Å². The molecule has 2 saturated heterocycles. The first-order valence-corrected chi connectivity index (χ1v) is 6.77. The lowest BCUT2D eigenvalue weighted by atomic mass is 10.1. The van der Waals surface area contributed by atoms with Crippen LogP contribution in [0.4, 0.5) is 0 Å². The second-order valence-electron chi connectivity index (χ2n) is 4.93. The topological polar surface area (TPSA) is 32.3 Å². The quantitative estimate of drug-likeness (QED) is 0.773. The molecule has 0 aromatic rings. The van der Waals surface area contributed by atoms with Crippen LogP contribution < -0.4 is 5.32 Å². The number of hydrogen-bond donors (Lipinski definition) is 1. The zero-order valence-electron chi connectivity index (χ0n) is 9.58. The van der Waals surface area contributed by atoms with Crippen molar-refractivity contribution in [3.63, 3.8) is 0 Å². The molecule has 0 bridgehead atoms. The van der Waals surface area contributed by atoms with Crippen molar-refractivity contribution in [1.29, 1.82) is 0 Å². The number of hydrogen-bond acceptors (Lipinski definition) is 3. The summed E-state index contributed by atoms with van der Waals surface area (Å²) in [5.41, 5.74) is 0. The monoisotopic (exact) mass is 228 g/mol. The Bertz CT molecular complexity index is 249. The van der Waals surface area contributed by atoms with Crippen LogP contribution in [0.5, 0.6) is 0 Å². The van der Waals surface area contributed by atoms with Crippen molar-refractivity contribution >= 4 is 17.7 Å². The van der Waals surface area contributed by atoms with E-state index in [2.05, 4.69) is 19.2 Å². The van der Waals surface area contributed by atoms with Gasteiger partial charge in [-0.15, -0.1) is 11.8 Å². The van der Waals surface area contributed by atoms with Crippen molar-refractivity contribution in [3.05, 3.63) is 0 Å². The van der Waals surface area contributed by atoms with Crippen LogP contribution in [0, 0.1) is 5.92 Å². The fourth-order valence-corrected chi connectivity index (χ4v) is 3.59. The van der Waals surface area contributed by atoms with Crippen LogP contribution in [0.3, 0.4) is 0 Å². The zero-order chi connectivity index (χ0) is 10.9. The molecule has 2 heterocycles. The van der Waals surface area contributed by atoms with Crippen molar-refractivity contribution < 1.29 is 4.79 Å². The third-order valence-electron chi connectivity index (χ3n) is 3.09. The van der Waals surface area contributed by atoms with Gasteiger partial charge < -0.3 is 10.2 Å². The summed E-state index contributed by atoms with van der Waals surface area (Å²) in [6.07, 6.45) is 1.81. The molecular formula is C11H20N2OS. The fourth-order valence-electron chi connectivity index (χ4n) is 2.31. The smallest absolute Gasteiger partial charge is 0.222 e. The van der Waals surface area contributed by atoms with E-state index in [0.717, 1.165) is 26.1 Å². The minimum absolute atomic E-state index is 0.201. The van der Waals surface area contributed by atoms with E-state index >= 15 is 0 Å². The average Bonchev–Trinajstić information content (AvgIpc) is 2.76. The summed E-state index contributed by atoms with van der Waals surface area (Å²) in [5.74, 6) is 1.99. The number of amides is 1. The van der Waals surface area contributed by atoms with Crippen molar-refractivity contribution in [2.24, 2.45) is 5.92 Å². The van der Waals surface area contributed by atoms with E-state index in [1.165, 1.54) is 5.75 Å². The number of rotatable bonds is 2. The fraction of sp³-hybridized carbons (Fsp3) is 0.909. The minimum atomic E-state index is 0.201. The van der Waals surface area contributed by atoms with Gasteiger partial charge in [0, 0.05) is 31.8 Å². The van der Waals surface area contributed by atoms with Gasteiger partial charge in [-0.3, -0.25) is 4.79 Å². The second kappa shape index (κ2) is 4.34. The number of carbonyl (C=O) groups is 1. The summed E-state index contributed by atoms with van der Waals surface area (Å²) >= 11 is 1.99. The molecule has 1 atom stereocenters. The van der Waals surface area contributed by atoms with Crippen LogP contribution >= 0.6 is 11.8 Å². The lowest BCUT2D eigenvalue weighted by Gasteiger charge is -2.23. The van der Waals surface area contributed by atoms with Gasteiger partial charge in [0.05, 0.1) is 4.87 Å². The Kier molecular flexibility index (Phi) is 3.26. The Balaban J connectivity index is 1.89. The number of carbonyl (C=O) groups excluding carboxylic acids is 1. The molecule has 0 radical (unpaired) electrons. The van der Waals surface area contributed by atoms with E-state index < -0.39 is 0 Å². The molecule has 0 saturated carbocycles. The number of thioether (sulfide) groups is 1. The molecule has 2 aliphatic rings. The second-order valence-corrected chi connectivity index (χ2v) is 6.41. The van der Waals surface area contributed by atoms with Crippen molar-refractivity contribution in [2.75, 3.05) is 25.4 Å². The van der Waals surface area contributed by atoms with Gasteiger partial charge in [0.1, 0.15) is 0 Å². The summed E-state index contributed by atoms with van der Waals surface area (Å²) in [6, 6.07) is 0. The van der Waals surface area contributed by atoms with E-state index in [1.807, 2.05) is 16.7 Å². The molecule has 2 fully saturated rings. The van der Waals surface area contributed by atoms with Crippen LogP contribution in [0.15, 0.2) is 0 Å². The lowest BCUT2D eigenvalue weighted by Crippen LogP contribution is -2.41. The first-order chi connectivity index (χ1) is 7.11. The van der Waals surface area contributed by atoms with Gasteiger partial charge in [0.2, 0.25) is 5.91 Å². The maximum atomic E-state index is 11.9. The highest BCUT2D eigenvalue weighted by atomic mass is 32.2. The largest absolute Gasteiger partial charge is 0.340 e. The maximum Gasteiger partial charge on any atom is 0.222 e. The zero-order valence-corrected chi connectivity index (χ0v) is 10.4. The van der Waals surface area contributed by atoms with Crippen LogP contribution in [-0.4, -0.2) is 41.1 Å². The third kappa shape index (κ3) is 2.48. The Morgan fingerprint density at radius 1 is 1.60 bits per heavy atom. The van der Waals surface area contributed by atoms with Gasteiger partial charge in [-0.1, -0.05) is 13.8 Å². The molecule has 86 valence electrons. The van der Waals surface area contributed by atoms with E-state index in [1.54, 1.807) is 0 Å². The summed E-state index contributed by atoms with van der Waals surface area (Å²) in [5, 5.41) is 3.54. The van der Waals surface area contributed by atoms with Crippen molar-refractivity contribution in [1.82, 2.24) is 10.2 Å². The number of nitrogens with zero attached hydrogens (tertiary/aromatic N) is 1. The molecule has 15 heavy (non-hydrogen) atoms. The lowest BCUT2D eigenvalue weighted by molar-refractivity contribution is -0.131. The van der Waals surface area contributed by atoms with Crippen LogP contribution in [-0.2, 0) is 4.79 Å². The first-order valence-electron chi connectivity index (χ1n) is 5.78. The summed E-state index contributed by atoms with van der Waals surface area (Å²) in [6.45, 7) is 7.14.